The molecule has 1 N–H and O–H groups in total. The Kier molecular flexibility index (Phi) is 2.96. The van der Waals surface area contributed by atoms with Crippen LogP contribution in [0.15, 0.2) is 18.3 Å². The average molecular weight is 253 g/mol. The van der Waals surface area contributed by atoms with Crippen molar-refractivity contribution in [3.63, 3.8) is 0 Å². The Bertz CT molecular complexity index is 521. The lowest BCUT2D eigenvalue weighted by atomic mass is 10.3. The third kappa shape index (κ3) is 2.26. The lowest BCUT2D eigenvalue weighted by molar-refractivity contribution is 0.0188. The number of rotatable bonds is 2. The number of hydrogen-bond donors (Lipinski definition) is 1. The van der Waals surface area contributed by atoms with E-state index in [9.17, 15) is 0 Å². The van der Waals surface area contributed by atoms with Gasteiger partial charge in [-0.1, -0.05) is 11.6 Å². The fourth-order valence-electron chi connectivity index (χ4n) is 2.07. The number of halogens is 1. The normalized spacial score (nSPS) is 20.9. The summed E-state index contributed by atoms with van der Waals surface area (Å²) in [7, 11) is 0. The monoisotopic (exact) mass is 252 g/mol. The van der Waals surface area contributed by atoms with E-state index < -0.39 is 0 Å². The second-order valence-electron chi connectivity index (χ2n) is 4.11. The standard InChI is InChI=1S/C11H13ClN4O/c12-10-5-8-1-3-16(11(8)15-14-10)7-9-6-13-2-4-17-9/h1,3,5,9,13H,2,4,6-7H2. The van der Waals surface area contributed by atoms with Gasteiger partial charge in [0.25, 0.3) is 0 Å². The average Bonchev–Trinajstić information content (AvgIpc) is 2.73. The number of morpholine rings is 1. The van der Waals surface area contributed by atoms with Gasteiger partial charge >= 0.3 is 0 Å². The molecule has 1 fully saturated rings. The highest BCUT2D eigenvalue weighted by Gasteiger charge is 2.15. The molecule has 1 saturated heterocycles. The zero-order chi connectivity index (χ0) is 11.7. The highest BCUT2D eigenvalue weighted by molar-refractivity contribution is 6.29. The van der Waals surface area contributed by atoms with Crippen molar-refractivity contribution in [3.05, 3.63) is 23.5 Å². The summed E-state index contributed by atoms with van der Waals surface area (Å²) in [6.45, 7) is 3.35. The van der Waals surface area contributed by atoms with Crippen molar-refractivity contribution in [2.24, 2.45) is 0 Å². The lowest BCUT2D eigenvalue weighted by Crippen LogP contribution is -2.40. The minimum atomic E-state index is 0.192. The van der Waals surface area contributed by atoms with E-state index in [2.05, 4.69) is 20.1 Å². The predicted molar refractivity (Wildman–Crippen MR) is 65.1 cm³/mol. The number of ether oxygens (including phenoxy) is 1. The van der Waals surface area contributed by atoms with E-state index in [4.69, 9.17) is 16.3 Å². The largest absolute Gasteiger partial charge is 0.374 e. The summed E-state index contributed by atoms with van der Waals surface area (Å²) in [5.74, 6) is 0. The zero-order valence-corrected chi connectivity index (χ0v) is 10.0. The molecular weight excluding hydrogens is 240 g/mol. The third-order valence-electron chi connectivity index (χ3n) is 2.88. The first-order valence-electron chi connectivity index (χ1n) is 5.63. The van der Waals surface area contributed by atoms with Crippen molar-refractivity contribution in [2.75, 3.05) is 19.7 Å². The minimum Gasteiger partial charge on any atom is -0.374 e. The molecule has 0 bridgehead atoms. The maximum atomic E-state index is 5.80. The van der Waals surface area contributed by atoms with E-state index in [0.29, 0.717) is 5.15 Å². The molecule has 2 aromatic rings. The lowest BCUT2D eigenvalue weighted by Gasteiger charge is -2.24. The summed E-state index contributed by atoms with van der Waals surface area (Å²) in [5.41, 5.74) is 0.851. The summed E-state index contributed by atoms with van der Waals surface area (Å²) in [6.07, 6.45) is 2.19. The van der Waals surface area contributed by atoms with Crippen LogP contribution in [-0.2, 0) is 11.3 Å². The van der Waals surface area contributed by atoms with Crippen molar-refractivity contribution in [1.82, 2.24) is 20.1 Å². The Balaban J connectivity index is 1.84. The molecule has 0 radical (unpaired) electrons. The maximum absolute atomic E-state index is 5.80. The third-order valence-corrected chi connectivity index (χ3v) is 3.07. The Morgan fingerprint density at radius 2 is 2.47 bits per heavy atom. The second-order valence-corrected chi connectivity index (χ2v) is 4.50. The van der Waals surface area contributed by atoms with Crippen LogP contribution >= 0.6 is 11.6 Å². The van der Waals surface area contributed by atoms with E-state index in [0.717, 1.165) is 37.3 Å². The molecule has 1 aliphatic heterocycles. The van der Waals surface area contributed by atoms with Gasteiger partial charge in [-0.3, -0.25) is 0 Å². The number of fused-ring (bicyclic) bond motifs is 1. The summed E-state index contributed by atoms with van der Waals surface area (Å²) < 4.78 is 7.72. The molecule has 6 heteroatoms. The van der Waals surface area contributed by atoms with Crippen molar-refractivity contribution in [1.29, 1.82) is 0 Å². The van der Waals surface area contributed by atoms with Gasteiger partial charge in [0.2, 0.25) is 0 Å². The molecule has 0 spiro atoms. The molecule has 3 heterocycles. The van der Waals surface area contributed by atoms with Crippen LogP contribution in [0.2, 0.25) is 5.15 Å². The molecule has 17 heavy (non-hydrogen) atoms. The summed E-state index contributed by atoms with van der Waals surface area (Å²) in [6, 6.07) is 3.81. The molecule has 5 nitrogen and oxygen atoms in total. The van der Waals surface area contributed by atoms with Crippen LogP contribution in [-0.4, -0.2) is 40.6 Å². The van der Waals surface area contributed by atoms with Crippen LogP contribution in [0.3, 0.4) is 0 Å². The van der Waals surface area contributed by atoms with Gasteiger partial charge in [0.15, 0.2) is 10.8 Å². The van der Waals surface area contributed by atoms with Crippen molar-refractivity contribution in [3.8, 4) is 0 Å². The first-order chi connectivity index (χ1) is 8.33. The Labute approximate surface area is 104 Å². The van der Waals surface area contributed by atoms with Crippen LogP contribution in [0.25, 0.3) is 11.0 Å². The molecule has 0 amide bonds. The molecule has 0 aromatic carbocycles. The van der Waals surface area contributed by atoms with E-state index in [1.165, 1.54) is 0 Å². The van der Waals surface area contributed by atoms with Crippen LogP contribution in [0.4, 0.5) is 0 Å². The molecule has 3 rings (SSSR count). The number of aromatic nitrogens is 3. The van der Waals surface area contributed by atoms with Gasteiger partial charge in [-0.2, -0.15) is 0 Å². The highest BCUT2D eigenvalue weighted by Crippen LogP contribution is 2.16. The van der Waals surface area contributed by atoms with Crippen LogP contribution in [0.1, 0.15) is 0 Å². The molecular formula is C11H13ClN4O. The molecule has 0 saturated carbocycles. The van der Waals surface area contributed by atoms with Gasteiger partial charge in [0.1, 0.15) is 0 Å². The van der Waals surface area contributed by atoms with Gasteiger partial charge in [-0.15, -0.1) is 10.2 Å². The maximum Gasteiger partial charge on any atom is 0.162 e. The SMILES string of the molecule is Clc1cc2ccn(CC3CNCCO3)c2nn1. The first kappa shape index (κ1) is 11.0. The highest BCUT2D eigenvalue weighted by atomic mass is 35.5. The molecule has 1 unspecified atom stereocenters. The van der Waals surface area contributed by atoms with Gasteiger partial charge in [-0.05, 0) is 12.1 Å². The summed E-state index contributed by atoms with van der Waals surface area (Å²) in [5, 5.41) is 12.7. The minimum absolute atomic E-state index is 0.192. The molecule has 2 aromatic heterocycles. The van der Waals surface area contributed by atoms with Gasteiger partial charge in [0.05, 0.1) is 19.3 Å². The number of nitrogens with one attached hydrogen (secondary N) is 1. The summed E-state index contributed by atoms with van der Waals surface area (Å²) >= 11 is 5.80. The smallest absolute Gasteiger partial charge is 0.162 e. The Morgan fingerprint density at radius 1 is 1.53 bits per heavy atom. The van der Waals surface area contributed by atoms with E-state index in [1.807, 2.05) is 18.3 Å². The van der Waals surface area contributed by atoms with Gasteiger partial charge in [0, 0.05) is 24.7 Å². The Morgan fingerprint density at radius 3 is 3.29 bits per heavy atom. The van der Waals surface area contributed by atoms with E-state index in [1.54, 1.807) is 0 Å². The molecule has 0 aliphatic carbocycles. The Hall–Kier alpha value is -1.17. The predicted octanol–water partition coefficient (Wildman–Crippen LogP) is 1.07. The molecule has 1 aliphatic rings. The first-order valence-corrected chi connectivity index (χ1v) is 6.01. The number of nitrogens with zero attached hydrogens (tertiary/aromatic N) is 3. The number of hydrogen-bond acceptors (Lipinski definition) is 4. The zero-order valence-electron chi connectivity index (χ0n) is 9.27. The van der Waals surface area contributed by atoms with Crippen LogP contribution in [0, 0.1) is 0 Å². The van der Waals surface area contributed by atoms with E-state index in [-0.39, 0.29) is 6.10 Å². The van der Waals surface area contributed by atoms with Gasteiger partial charge in [-0.25, -0.2) is 0 Å². The van der Waals surface area contributed by atoms with Crippen LogP contribution < -0.4 is 5.32 Å². The topological polar surface area (TPSA) is 52.0 Å². The van der Waals surface area contributed by atoms with Gasteiger partial charge < -0.3 is 14.6 Å². The van der Waals surface area contributed by atoms with Crippen molar-refractivity contribution >= 4 is 22.6 Å². The van der Waals surface area contributed by atoms with Crippen LogP contribution in [0.5, 0.6) is 0 Å². The van der Waals surface area contributed by atoms with E-state index >= 15 is 0 Å². The molecule has 1 atom stereocenters. The van der Waals surface area contributed by atoms with Crippen molar-refractivity contribution < 1.29 is 4.74 Å². The molecule has 90 valence electrons. The van der Waals surface area contributed by atoms with Crippen molar-refractivity contribution in [2.45, 2.75) is 12.6 Å². The fraction of sp³-hybridized carbons (Fsp3) is 0.455. The quantitative estimate of drug-likeness (QED) is 0.869. The fourth-order valence-corrected chi connectivity index (χ4v) is 2.22. The summed E-state index contributed by atoms with van der Waals surface area (Å²) in [4.78, 5) is 0. The second kappa shape index (κ2) is 4.60.